The Morgan fingerprint density at radius 1 is 1.17 bits per heavy atom. The molecule has 5 nitrogen and oxygen atoms in total. The fraction of sp³-hybridized carbons (Fsp3) is 0.556. The van der Waals surface area contributed by atoms with Gasteiger partial charge in [0.2, 0.25) is 11.8 Å². The highest BCUT2D eigenvalue weighted by molar-refractivity contribution is 5.78. The molecule has 0 radical (unpaired) electrons. The van der Waals surface area contributed by atoms with Crippen molar-refractivity contribution in [3.63, 3.8) is 0 Å². The molecule has 0 aliphatic carbocycles. The molecule has 0 fully saturated rings. The summed E-state index contributed by atoms with van der Waals surface area (Å²) in [5, 5.41) is 2.88. The van der Waals surface area contributed by atoms with E-state index in [0.29, 0.717) is 19.6 Å². The lowest BCUT2D eigenvalue weighted by Crippen LogP contribution is -2.49. The van der Waals surface area contributed by atoms with Crippen molar-refractivity contribution in [2.24, 2.45) is 5.73 Å². The van der Waals surface area contributed by atoms with Crippen LogP contribution < -0.4 is 11.1 Å². The summed E-state index contributed by atoms with van der Waals surface area (Å²) >= 11 is 0. The topological polar surface area (TPSA) is 75.4 Å². The van der Waals surface area contributed by atoms with Crippen molar-refractivity contribution in [1.29, 1.82) is 0 Å². The highest BCUT2D eigenvalue weighted by Gasteiger charge is 2.21. The van der Waals surface area contributed by atoms with E-state index in [2.05, 4.69) is 5.32 Å². The van der Waals surface area contributed by atoms with Crippen molar-refractivity contribution in [2.45, 2.75) is 52.1 Å². The molecule has 1 aromatic rings. The lowest BCUT2D eigenvalue weighted by molar-refractivity contribution is -0.130. The number of amides is 2. The summed E-state index contributed by atoms with van der Waals surface area (Å²) in [6.45, 7) is 6.97. The van der Waals surface area contributed by atoms with Crippen molar-refractivity contribution >= 4 is 11.8 Å². The lowest BCUT2D eigenvalue weighted by atomic mass is 9.94. The number of nitrogens with two attached hydrogens (primary N) is 1. The van der Waals surface area contributed by atoms with Gasteiger partial charge in [-0.05, 0) is 18.4 Å². The van der Waals surface area contributed by atoms with E-state index >= 15 is 0 Å². The molecule has 5 heteroatoms. The van der Waals surface area contributed by atoms with E-state index in [1.807, 2.05) is 44.2 Å². The zero-order valence-electron chi connectivity index (χ0n) is 14.5. The molecule has 2 amide bonds. The minimum atomic E-state index is -0.347. The van der Waals surface area contributed by atoms with Crippen LogP contribution in [-0.2, 0) is 16.1 Å². The Balaban J connectivity index is 2.46. The first-order valence-corrected chi connectivity index (χ1v) is 8.25. The largest absolute Gasteiger partial charge is 0.354 e. The Morgan fingerprint density at radius 2 is 1.78 bits per heavy atom. The monoisotopic (exact) mass is 319 g/mol. The Labute approximate surface area is 139 Å². The van der Waals surface area contributed by atoms with Gasteiger partial charge in [-0.15, -0.1) is 0 Å². The van der Waals surface area contributed by atoms with E-state index < -0.39 is 0 Å². The van der Waals surface area contributed by atoms with E-state index in [-0.39, 0.29) is 23.8 Å². The van der Waals surface area contributed by atoms with Gasteiger partial charge in [-0.3, -0.25) is 9.59 Å². The number of hydrogen-bond acceptors (Lipinski definition) is 3. The summed E-state index contributed by atoms with van der Waals surface area (Å²) in [6, 6.07) is 9.77. The van der Waals surface area contributed by atoms with Gasteiger partial charge in [-0.2, -0.15) is 0 Å². The summed E-state index contributed by atoms with van der Waals surface area (Å²) in [4.78, 5) is 25.4. The van der Waals surface area contributed by atoms with E-state index in [9.17, 15) is 9.59 Å². The number of hydrogen-bond donors (Lipinski definition) is 2. The van der Waals surface area contributed by atoms with Crippen LogP contribution in [-0.4, -0.2) is 35.3 Å². The first-order chi connectivity index (χ1) is 10.9. The Bertz CT molecular complexity index is 498. The predicted molar refractivity (Wildman–Crippen MR) is 92.7 cm³/mol. The van der Waals surface area contributed by atoms with Crippen molar-refractivity contribution in [3.8, 4) is 0 Å². The van der Waals surface area contributed by atoms with Crippen LogP contribution in [0.3, 0.4) is 0 Å². The van der Waals surface area contributed by atoms with Crippen LogP contribution in [0.1, 0.15) is 45.6 Å². The summed E-state index contributed by atoms with van der Waals surface area (Å²) in [7, 11) is 0. The SMILES string of the molecule is CCC(N)(CC)CNC(=O)CCN(Cc1ccccc1)C(C)=O. The van der Waals surface area contributed by atoms with Crippen LogP contribution >= 0.6 is 0 Å². The second kappa shape index (κ2) is 9.30. The molecule has 128 valence electrons. The maximum absolute atomic E-state index is 12.0. The molecule has 0 bridgehead atoms. The molecular weight excluding hydrogens is 290 g/mol. The van der Waals surface area contributed by atoms with Crippen LogP contribution in [0.4, 0.5) is 0 Å². The molecule has 0 aliphatic rings. The molecule has 1 rings (SSSR count). The molecule has 0 saturated carbocycles. The molecule has 0 spiro atoms. The molecular formula is C18H29N3O2. The van der Waals surface area contributed by atoms with E-state index in [1.54, 1.807) is 4.90 Å². The maximum atomic E-state index is 12.0. The van der Waals surface area contributed by atoms with Crippen LogP contribution in [0.25, 0.3) is 0 Å². The highest BCUT2D eigenvalue weighted by Crippen LogP contribution is 2.09. The fourth-order valence-corrected chi connectivity index (χ4v) is 2.25. The summed E-state index contributed by atoms with van der Waals surface area (Å²) in [5.74, 6) is -0.0991. The average Bonchev–Trinajstić information content (AvgIpc) is 2.57. The molecule has 1 aromatic carbocycles. The van der Waals surface area contributed by atoms with Gasteiger partial charge in [0.15, 0.2) is 0 Å². The predicted octanol–water partition coefficient (Wildman–Crippen LogP) is 2.06. The van der Waals surface area contributed by atoms with Gasteiger partial charge in [-0.1, -0.05) is 44.2 Å². The molecule has 0 aromatic heterocycles. The van der Waals surface area contributed by atoms with Gasteiger partial charge >= 0.3 is 0 Å². The lowest BCUT2D eigenvalue weighted by Gasteiger charge is -2.27. The molecule has 0 atom stereocenters. The first-order valence-electron chi connectivity index (χ1n) is 8.25. The first kappa shape index (κ1) is 19.2. The van der Waals surface area contributed by atoms with Gasteiger partial charge in [0.1, 0.15) is 0 Å². The average molecular weight is 319 g/mol. The molecule has 0 unspecified atom stereocenters. The quantitative estimate of drug-likeness (QED) is 0.731. The van der Waals surface area contributed by atoms with Crippen molar-refractivity contribution in [1.82, 2.24) is 10.2 Å². The number of benzene rings is 1. The van der Waals surface area contributed by atoms with Gasteiger partial charge in [0.25, 0.3) is 0 Å². The Kier molecular flexibility index (Phi) is 7.75. The normalized spacial score (nSPS) is 11.1. The van der Waals surface area contributed by atoms with E-state index in [1.165, 1.54) is 6.92 Å². The molecule has 0 heterocycles. The van der Waals surface area contributed by atoms with Gasteiger partial charge in [0, 0.05) is 38.5 Å². The minimum absolute atomic E-state index is 0.0306. The smallest absolute Gasteiger partial charge is 0.221 e. The number of nitrogens with one attached hydrogen (secondary N) is 1. The van der Waals surface area contributed by atoms with E-state index in [0.717, 1.165) is 18.4 Å². The van der Waals surface area contributed by atoms with Crippen LogP contribution in [0.2, 0.25) is 0 Å². The number of carbonyl (C=O) groups is 2. The molecule has 23 heavy (non-hydrogen) atoms. The summed E-state index contributed by atoms with van der Waals surface area (Å²) in [5.41, 5.74) is 6.88. The zero-order valence-corrected chi connectivity index (χ0v) is 14.5. The van der Waals surface area contributed by atoms with Gasteiger partial charge < -0.3 is 16.0 Å². The van der Waals surface area contributed by atoms with E-state index in [4.69, 9.17) is 5.73 Å². The standard InChI is InChI=1S/C18H29N3O2/c1-4-18(19,5-2)14-20-17(23)11-12-21(15(3)22)13-16-9-7-6-8-10-16/h6-10H,4-5,11-14,19H2,1-3H3,(H,20,23). The highest BCUT2D eigenvalue weighted by atomic mass is 16.2. The minimum Gasteiger partial charge on any atom is -0.354 e. The van der Waals surface area contributed by atoms with Crippen molar-refractivity contribution < 1.29 is 9.59 Å². The zero-order chi connectivity index (χ0) is 17.3. The fourth-order valence-electron chi connectivity index (χ4n) is 2.25. The summed E-state index contributed by atoms with van der Waals surface area (Å²) < 4.78 is 0. The number of rotatable bonds is 9. The Hall–Kier alpha value is -1.88. The van der Waals surface area contributed by atoms with Crippen LogP contribution in [0.5, 0.6) is 0 Å². The van der Waals surface area contributed by atoms with Gasteiger partial charge in [-0.25, -0.2) is 0 Å². The second-order valence-electron chi connectivity index (χ2n) is 6.02. The molecule has 0 aliphatic heterocycles. The Morgan fingerprint density at radius 3 is 2.30 bits per heavy atom. The third kappa shape index (κ3) is 6.82. The van der Waals surface area contributed by atoms with Crippen LogP contribution in [0, 0.1) is 0 Å². The molecule has 3 N–H and O–H groups in total. The number of nitrogens with zero attached hydrogens (tertiary/aromatic N) is 1. The van der Waals surface area contributed by atoms with Crippen LogP contribution in [0.15, 0.2) is 30.3 Å². The second-order valence-corrected chi connectivity index (χ2v) is 6.02. The van der Waals surface area contributed by atoms with Crippen molar-refractivity contribution in [3.05, 3.63) is 35.9 Å². The number of carbonyl (C=O) groups excluding carboxylic acids is 2. The van der Waals surface area contributed by atoms with Crippen molar-refractivity contribution in [2.75, 3.05) is 13.1 Å². The molecule has 0 saturated heterocycles. The third-order valence-corrected chi connectivity index (χ3v) is 4.32. The summed E-state index contributed by atoms with van der Waals surface area (Å²) in [6.07, 6.45) is 1.92. The maximum Gasteiger partial charge on any atom is 0.221 e. The van der Waals surface area contributed by atoms with Gasteiger partial charge in [0.05, 0.1) is 0 Å². The third-order valence-electron chi connectivity index (χ3n) is 4.32.